The second-order valence-corrected chi connectivity index (χ2v) is 20.1. The van der Waals surface area contributed by atoms with Crippen LogP contribution in [0.4, 0.5) is 44.5 Å². The Labute approximate surface area is 463 Å². The van der Waals surface area contributed by atoms with Crippen molar-refractivity contribution in [1.29, 1.82) is 0 Å². The minimum atomic E-state index is -0.390. The fourth-order valence-corrected chi connectivity index (χ4v) is 11.1. The number of benzene rings is 2. The molecular weight excluding hydrogens is 1090 g/mol. The van der Waals surface area contributed by atoms with Gasteiger partial charge in [0.2, 0.25) is 23.7 Å². The zero-order valence-electron chi connectivity index (χ0n) is 42.7. The summed E-state index contributed by atoms with van der Waals surface area (Å²) in [6, 6.07) is 1.90. The number of carbonyl (C=O) groups is 4. The number of aromatic nitrogens is 5. The van der Waals surface area contributed by atoms with Crippen molar-refractivity contribution in [2.45, 2.75) is 96.2 Å². The molecule has 1 saturated carbocycles. The average Bonchev–Trinajstić information content (AvgIpc) is 4.16. The van der Waals surface area contributed by atoms with Crippen LogP contribution in [0.1, 0.15) is 69.2 Å². The Morgan fingerprint density at radius 3 is 1.66 bits per heavy atom. The van der Waals surface area contributed by atoms with Gasteiger partial charge >= 0.3 is 12.1 Å². The Kier molecular flexibility index (Phi) is 18.2. The highest BCUT2D eigenvalue weighted by Crippen LogP contribution is 2.49. The lowest BCUT2D eigenvalue weighted by molar-refractivity contribution is -0.122. The summed E-state index contributed by atoms with van der Waals surface area (Å²) in [5.74, 6) is 2.85. The van der Waals surface area contributed by atoms with E-state index in [-0.39, 0.29) is 93.1 Å². The first kappa shape index (κ1) is 55.9. The summed E-state index contributed by atoms with van der Waals surface area (Å²) in [7, 11) is 7.49. The van der Waals surface area contributed by atoms with Gasteiger partial charge in [-0.2, -0.15) is 9.97 Å². The van der Waals surface area contributed by atoms with Crippen LogP contribution in [0.15, 0.2) is 35.4 Å². The standard InChI is InChI=1S/C27H31Cl2N7O4S.C22H26Cl2N6O5/c1-4-21(37)32-17-7-5-6-8-18(17)33-26-30-10-15-11-35(24-22(28)19(39-2)9-20(40-3)23(24)29)27(38)36(25(15)34-26)12-16-13-41-14-31-16;1-5-16(31)26-12-9-35-10-13(12)27-21-25-7-11-8-30(22(32)29(2)20(11)28-21)19-17(23)14(33-3)6-15(34-4)18(19)24/h9-10,13-14,17-18H,4-8,11-12H2,1-3H3,(H,32,37)(H,30,33,34);6-7,12-13H,5,8-10H2,1-4H3,(H,26,31)(H,25,27,28)/t17-,18+;12-,13+/m00/s1. The Morgan fingerprint density at radius 1 is 0.671 bits per heavy atom. The Balaban J connectivity index is 0.000000204. The molecule has 5 aromatic rings. The number of thiazole rings is 1. The molecule has 1 aliphatic carbocycles. The van der Waals surface area contributed by atoms with Crippen molar-refractivity contribution in [2.24, 2.45) is 0 Å². The predicted octanol–water partition coefficient (Wildman–Crippen LogP) is 8.74. The van der Waals surface area contributed by atoms with E-state index in [1.807, 2.05) is 12.3 Å². The van der Waals surface area contributed by atoms with Crippen LogP contribution in [0.3, 0.4) is 0 Å². The molecule has 0 bridgehead atoms. The molecule has 1 saturated heterocycles. The fraction of sp³-hybridized carbons (Fsp3) is 0.449. The lowest BCUT2D eigenvalue weighted by atomic mass is 9.90. The Hall–Kier alpha value is -6.37. The van der Waals surface area contributed by atoms with E-state index in [0.29, 0.717) is 89.4 Å². The summed E-state index contributed by atoms with van der Waals surface area (Å²) in [6.07, 6.45) is 7.97. The number of hydrogen-bond acceptors (Lipinski definition) is 17. The monoisotopic (exact) mass is 1140 g/mol. The summed E-state index contributed by atoms with van der Waals surface area (Å²) in [5, 5.41) is 15.3. The molecule has 2 fully saturated rings. The second kappa shape index (κ2) is 24.7. The number of fused-ring (bicyclic) bond motifs is 2. The summed E-state index contributed by atoms with van der Waals surface area (Å²) >= 11 is 27.9. The van der Waals surface area contributed by atoms with Crippen LogP contribution in [0.25, 0.3) is 0 Å². The van der Waals surface area contributed by atoms with Crippen LogP contribution in [-0.2, 0) is 34.0 Å². The molecule has 0 radical (unpaired) electrons. The van der Waals surface area contributed by atoms with Crippen molar-refractivity contribution >= 4 is 117 Å². The molecule has 406 valence electrons. The summed E-state index contributed by atoms with van der Waals surface area (Å²) in [6.45, 7) is 4.86. The Morgan fingerprint density at radius 2 is 1.14 bits per heavy atom. The van der Waals surface area contributed by atoms with Crippen LogP contribution >= 0.6 is 57.7 Å². The van der Waals surface area contributed by atoms with Gasteiger partial charge in [0.05, 0.1) is 96.0 Å². The number of hydrogen-bond donors (Lipinski definition) is 4. The quantitative estimate of drug-likeness (QED) is 0.0722. The van der Waals surface area contributed by atoms with Crippen molar-refractivity contribution in [3.63, 3.8) is 0 Å². The molecule has 6 amide bonds. The van der Waals surface area contributed by atoms with Gasteiger partial charge in [-0.25, -0.2) is 24.5 Å². The second-order valence-electron chi connectivity index (χ2n) is 17.8. The molecule has 4 N–H and O–H groups in total. The maximum absolute atomic E-state index is 14.1. The maximum atomic E-state index is 14.1. The highest BCUT2D eigenvalue weighted by atomic mass is 35.5. The van der Waals surface area contributed by atoms with Gasteiger partial charge in [0.1, 0.15) is 54.7 Å². The van der Waals surface area contributed by atoms with E-state index in [4.69, 9.17) is 75.1 Å². The van der Waals surface area contributed by atoms with Gasteiger partial charge in [-0.15, -0.1) is 11.3 Å². The smallest absolute Gasteiger partial charge is 0.330 e. The molecule has 22 nitrogen and oxygen atoms in total. The number of urea groups is 2. The largest absolute Gasteiger partial charge is 0.495 e. The van der Waals surface area contributed by atoms with Crippen LogP contribution in [0, 0.1) is 0 Å². The minimum absolute atomic E-state index is 0.0154. The molecule has 3 aromatic heterocycles. The number of ether oxygens (including phenoxy) is 5. The van der Waals surface area contributed by atoms with Gasteiger partial charge < -0.3 is 45.0 Å². The van der Waals surface area contributed by atoms with E-state index < -0.39 is 6.03 Å². The highest BCUT2D eigenvalue weighted by molar-refractivity contribution is 7.07. The number of nitrogens with zero attached hydrogens (tertiary/aromatic N) is 9. The summed E-state index contributed by atoms with van der Waals surface area (Å²) in [4.78, 5) is 80.0. The predicted molar refractivity (Wildman–Crippen MR) is 292 cm³/mol. The van der Waals surface area contributed by atoms with Crippen molar-refractivity contribution in [1.82, 2.24) is 35.6 Å². The molecule has 0 unspecified atom stereocenters. The van der Waals surface area contributed by atoms with E-state index in [1.165, 1.54) is 59.4 Å². The highest BCUT2D eigenvalue weighted by Gasteiger charge is 2.39. The number of anilines is 6. The number of methoxy groups -OCH3 is 4. The molecule has 9 rings (SSSR count). The van der Waals surface area contributed by atoms with Gasteiger partial charge in [0.25, 0.3) is 0 Å². The molecule has 6 heterocycles. The van der Waals surface area contributed by atoms with Crippen LogP contribution in [0.5, 0.6) is 23.0 Å². The van der Waals surface area contributed by atoms with Crippen molar-refractivity contribution in [2.75, 3.05) is 78.9 Å². The SMILES string of the molecule is CCC(=O)N[C@H]1CCCC[C@H]1Nc1ncc2c(n1)N(Cc1cscn1)C(=O)N(c1c(Cl)c(OC)cc(OC)c1Cl)C2.CCC(=O)N[C@H]1COC[C@H]1Nc1ncc2c(n1)N(C)C(=O)N(c1c(Cl)c(OC)cc(OC)c1Cl)C2. The molecule has 4 atom stereocenters. The third-order valence-corrected chi connectivity index (χ3v) is 15.2. The molecule has 4 aliphatic rings. The van der Waals surface area contributed by atoms with Gasteiger partial charge in [-0.1, -0.05) is 73.1 Å². The fourth-order valence-electron chi connectivity index (χ4n) is 9.12. The summed E-state index contributed by atoms with van der Waals surface area (Å²) in [5.41, 5.74) is 4.33. The molecule has 76 heavy (non-hydrogen) atoms. The first-order valence-electron chi connectivity index (χ1n) is 24.3. The molecule has 0 spiro atoms. The zero-order chi connectivity index (χ0) is 54.4. The van der Waals surface area contributed by atoms with Crippen LogP contribution in [-0.4, -0.2) is 122 Å². The lowest BCUT2D eigenvalue weighted by Crippen LogP contribution is -2.49. The van der Waals surface area contributed by atoms with Gasteiger partial charge in [0.15, 0.2) is 0 Å². The van der Waals surface area contributed by atoms with E-state index in [2.05, 4.69) is 41.2 Å². The first-order chi connectivity index (χ1) is 36.6. The van der Waals surface area contributed by atoms with Gasteiger partial charge in [-0.05, 0) is 12.8 Å². The van der Waals surface area contributed by atoms with E-state index in [9.17, 15) is 19.2 Å². The summed E-state index contributed by atoms with van der Waals surface area (Å²) < 4.78 is 27.0. The number of carbonyl (C=O) groups excluding carboxylic acids is 4. The number of nitrogens with one attached hydrogen (secondary N) is 4. The third-order valence-electron chi connectivity index (χ3n) is 13.1. The van der Waals surface area contributed by atoms with Gasteiger partial charge in [-0.3, -0.25) is 29.2 Å². The maximum Gasteiger partial charge on any atom is 0.330 e. The van der Waals surface area contributed by atoms with E-state index in [0.717, 1.165) is 25.7 Å². The molecule has 2 aromatic carbocycles. The van der Waals surface area contributed by atoms with Crippen LogP contribution in [0.2, 0.25) is 20.1 Å². The van der Waals surface area contributed by atoms with Crippen LogP contribution < -0.4 is 59.8 Å². The first-order valence-corrected chi connectivity index (χ1v) is 26.7. The molecular formula is C49H57Cl4N13O9S. The zero-order valence-corrected chi connectivity index (χ0v) is 46.5. The van der Waals surface area contributed by atoms with Crippen molar-refractivity contribution in [3.8, 4) is 23.0 Å². The van der Waals surface area contributed by atoms with Crippen molar-refractivity contribution < 1.29 is 42.9 Å². The normalized spacial score (nSPS) is 19.0. The molecule has 3 aliphatic heterocycles. The number of halogens is 4. The lowest BCUT2D eigenvalue weighted by Gasteiger charge is -2.37. The van der Waals surface area contributed by atoms with Crippen molar-refractivity contribution in [3.05, 3.63) is 72.3 Å². The number of rotatable bonds is 16. The van der Waals surface area contributed by atoms with E-state index >= 15 is 0 Å². The third kappa shape index (κ3) is 11.8. The van der Waals surface area contributed by atoms with Gasteiger partial charge in [0, 0.05) is 73.0 Å². The molecule has 27 heteroatoms. The topological polar surface area (TPSA) is 240 Å². The van der Waals surface area contributed by atoms with E-state index in [1.54, 1.807) is 44.0 Å². The Bertz CT molecular complexity index is 2910. The minimum Gasteiger partial charge on any atom is -0.495 e. The average molecular weight is 1150 g/mol. The number of amides is 6.